The monoisotopic (exact) mass is 686 g/mol. The number of hydrogen-bond acceptors (Lipinski definition) is 13. The average molecular weight is 687 g/mol. The van der Waals surface area contributed by atoms with E-state index in [0.717, 1.165) is 36.5 Å². The standard InChI is InChI=1S/C33H34N8O5S2/c1-41(28-10-9-27(48-28)26-8-7-24(47-26)17-23(18-34)30(42)37-13-15-44-2)14-16-45-33(43)38-19-21-3-5-22(6-4-21)20-46-31-29-25(11-12-36-29)39-32(35)40-31/h3-10,12,17H,11,13-16,19-20H2,1-2H3,(H,37,42)(H,38,43)(H2,35,39,40)/b23-17+. The third-order valence-electron chi connectivity index (χ3n) is 7.02. The molecule has 0 aliphatic carbocycles. The molecule has 0 spiro atoms. The summed E-state index contributed by atoms with van der Waals surface area (Å²) in [4.78, 5) is 42.1. The van der Waals surface area contributed by atoms with Gasteiger partial charge in [0.1, 0.15) is 30.5 Å². The van der Waals surface area contributed by atoms with E-state index in [0.29, 0.717) is 50.8 Å². The van der Waals surface area contributed by atoms with Gasteiger partial charge in [-0.2, -0.15) is 10.2 Å². The lowest BCUT2D eigenvalue weighted by Gasteiger charge is -2.17. The first-order valence-corrected chi connectivity index (χ1v) is 16.6. The molecule has 4 heterocycles. The number of ether oxygens (including phenoxy) is 3. The number of rotatable bonds is 15. The van der Waals surface area contributed by atoms with Gasteiger partial charge in [0.25, 0.3) is 5.91 Å². The molecule has 1 aliphatic rings. The predicted octanol–water partition coefficient (Wildman–Crippen LogP) is 4.72. The van der Waals surface area contributed by atoms with Crippen LogP contribution in [0.5, 0.6) is 5.88 Å². The molecule has 48 heavy (non-hydrogen) atoms. The fraction of sp³-hybridized carbons (Fsp3) is 0.273. The Morgan fingerprint density at radius 3 is 2.60 bits per heavy atom. The first-order valence-electron chi connectivity index (χ1n) is 14.9. The highest BCUT2D eigenvalue weighted by atomic mass is 32.1. The number of likely N-dealkylation sites (N-methyl/N-ethyl adjacent to an activating group) is 1. The van der Waals surface area contributed by atoms with Gasteiger partial charge in [-0.3, -0.25) is 9.79 Å². The van der Waals surface area contributed by atoms with Crippen LogP contribution in [0.3, 0.4) is 0 Å². The summed E-state index contributed by atoms with van der Waals surface area (Å²) in [5.74, 6) is 0.0915. The highest BCUT2D eigenvalue weighted by Gasteiger charge is 2.17. The summed E-state index contributed by atoms with van der Waals surface area (Å²) in [6.07, 6.45) is 3.45. The SMILES string of the molecule is COCCNC(=O)/C(C#N)=C/c1ccc(-c2ccc(N(C)CCOC(=O)NCc3ccc(COc4nc(N)nc5c4N=CC5)cc3)s2)s1. The molecular weight excluding hydrogens is 653 g/mol. The Bertz CT molecular complexity index is 1840. The minimum atomic E-state index is -0.498. The van der Waals surface area contributed by atoms with Crippen LogP contribution in [-0.2, 0) is 33.8 Å². The maximum Gasteiger partial charge on any atom is 0.407 e. The lowest BCUT2D eigenvalue weighted by molar-refractivity contribution is -0.117. The van der Waals surface area contributed by atoms with E-state index in [1.807, 2.05) is 66.5 Å². The van der Waals surface area contributed by atoms with E-state index in [-0.39, 0.29) is 18.1 Å². The summed E-state index contributed by atoms with van der Waals surface area (Å²) >= 11 is 3.10. The fourth-order valence-electron chi connectivity index (χ4n) is 4.49. The predicted molar refractivity (Wildman–Crippen MR) is 187 cm³/mol. The summed E-state index contributed by atoms with van der Waals surface area (Å²) in [5, 5.41) is 15.9. The van der Waals surface area contributed by atoms with Gasteiger partial charge < -0.3 is 35.5 Å². The number of benzene rings is 1. The topological polar surface area (TPSA) is 177 Å². The number of nitrogens with two attached hydrogens (primary N) is 1. The Morgan fingerprint density at radius 2 is 1.81 bits per heavy atom. The number of nitrogen functional groups attached to an aromatic ring is 1. The molecule has 2 amide bonds. The second-order valence-corrected chi connectivity index (χ2v) is 12.7. The first kappa shape index (κ1) is 34.0. The van der Waals surface area contributed by atoms with Crippen LogP contribution in [0.25, 0.3) is 15.8 Å². The van der Waals surface area contributed by atoms with Crippen molar-refractivity contribution in [3.8, 4) is 21.7 Å². The van der Waals surface area contributed by atoms with Crippen LogP contribution in [0.2, 0.25) is 0 Å². The number of nitriles is 1. The van der Waals surface area contributed by atoms with Crippen molar-refractivity contribution >= 4 is 63.6 Å². The minimum Gasteiger partial charge on any atom is -0.471 e. The van der Waals surface area contributed by atoms with Gasteiger partial charge in [0, 0.05) is 54.5 Å². The number of anilines is 2. The second kappa shape index (κ2) is 16.5. The third-order valence-corrected chi connectivity index (χ3v) is 9.45. The molecule has 1 aliphatic heterocycles. The highest BCUT2D eigenvalue weighted by Crippen LogP contribution is 2.37. The molecule has 0 saturated carbocycles. The smallest absolute Gasteiger partial charge is 0.407 e. The van der Waals surface area contributed by atoms with Crippen LogP contribution in [0.15, 0.2) is 59.1 Å². The molecule has 13 nitrogen and oxygen atoms in total. The zero-order valence-electron chi connectivity index (χ0n) is 26.4. The number of alkyl carbamates (subject to hydrolysis) is 1. The van der Waals surface area contributed by atoms with Crippen molar-refractivity contribution in [2.24, 2.45) is 4.99 Å². The molecule has 0 fully saturated rings. The van der Waals surface area contributed by atoms with Crippen molar-refractivity contribution < 1.29 is 23.8 Å². The summed E-state index contributed by atoms with van der Waals surface area (Å²) < 4.78 is 16.2. The normalized spacial score (nSPS) is 11.9. The van der Waals surface area contributed by atoms with Crippen molar-refractivity contribution in [3.05, 3.63) is 75.8 Å². The van der Waals surface area contributed by atoms with Gasteiger partial charge in [0.05, 0.1) is 23.8 Å². The first-order chi connectivity index (χ1) is 23.3. The highest BCUT2D eigenvalue weighted by molar-refractivity contribution is 7.24. The molecule has 0 atom stereocenters. The Hall–Kier alpha value is -5.30. The summed E-state index contributed by atoms with van der Waals surface area (Å²) in [6.45, 7) is 2.04. The molecule has 4 aromatic rings. The van der Waals surface area contributed by atoms with Crippen LogP contribution < -0.4 is 26.0 Å². The number of carbonyl (C=O) groups excluding carboxylic acids is 2. The number of carbonyl (C=O) groups is 2. The Labute approximate surface area is 285 Å². The fourth-order valence-corrected chi connectivity index (χ4v) is 6.52. The lowest BCUT2D eigenvalue weighted by Crippen LogP contribution is -2.28. The van der Waals surface area contributed by atoms with Gasteiger partial charge in [0.15, 0.2) is 0 Å². The van der Waals surface area contributed by atoms with Gasteiger partial charge >= 0.3 is 6.09 Å². The van der Waals surface area contributed by atoms with Crippen LogP contribution in [0, 0.1) is 11.3 Å². The number of thiophene rings is 2. The van der Waals surface area contributed by atoms with Gasteiger partial charge in [-0.1, -0.05) is 24.3 Å². The molecule has 0 unspecified atom stereocenters. The Morgan fingerprint density at radius 1 is 1.04 bits per heavy atom. The quantitative estimate of drug-likeness (QED) is 0.0901. The number of methoxy groups -OCH3 is 1. The van der Waals surface area contributed by atoms with E-state index in [1.165, 1.54) is 11.3 Å². The Balaban J connectivity index is 1.03. The lowest BCUT2D eigenvalue weighted by atomic mass is 10.1. The number of amides is 2. The van der Waals surface area contributed by atoms with E-state index in [2.05, 4.69) is 25.6 Å². The summed E-state index contributed by atoms with van der Waals surface area (Å²) in [7, 11) is 3.48. The van der Waals surface area contributed by atoms with Crippen molar-refractivity contribution in [2.75, 3.05) is 51.1 Å². The molecular formula is C33H34N8O5S2. The molecule has 4 N–H and O–H groups in total. The molecule has 3 aromatic heterocycles. The summed E-state index contributed by atoms with van der Waals surface area (Å²) in [5.41, 5.74) is 9.04. The molecule has 0 bridgehead atoms. The number of nitrogens with one attached hydrogen (secondary N) is 2. The zero-order chi connectivity index (χ0) is 33.9. The maximum absolute atomic E-state index is 12.3. The molecule has 15 heteroatoms. The number of aliphatic imine (C=N–C) groups is 1. The van der Waals surface area contributed by atoms with Gasteiger partial charge in [-0.05, 0) is 41.5 Å². The average Bonchev–Trinajstić information content (AvgIpc) is 3.87. The van der Waals surface area contributed by atoms with Gasteiger partial charge in [0.2, 0.25) is 11.8 Å². The van der Waals surface area contributed by atoms with Crippen molar-refractivity contribution in [1.29, 1.82) is 5.26 Å². The molecule has 0 radical (unpaired) electrons. The van der Waals surface area contributed by atoms with E-state index in [1.54, 1.807) is 30.7 Å². The number of fused-ring (bicyclic) bond motifs is 1. The molecule has 5 rings (SSSR count). The van der Waals surface area contributed by atoms with E-state index >= 15 is 0 Å². The zero-order valence-corrected chi connectivity index (χ0v) is 28.0. The van der Waals surface area contributed by atoms with Crippen LogP contribution in [0.1, 0.15) is 21.7 Å². The summed E-state index contributed by atoms with van der Waals surface area (Å²) in [6, 6.07) is 17.5. The number of hydrogen-bond donors (Lipinski definition) is 3. The number of nitrogens with zero attached hydrogens (tertiary/aromatic N) is 5. The van der Waals surface area contributed by atoms with Crippen LogP contribution >= 0.6 is 22.7 Å². The minimum absolute atomic E-state index is 0.0408. The largest absolute Gasteiger partial charge is 0.471 e. The van der Waals surface area contributed by atoms with Crippen molar-refractivity contribution in [1.82, 2.24) is 20.6 Å². The van der Waals surface area contributed by atoms with Gasteiger partial charge in [-0.15, -0.1) is 22.7 Å². The third kappa shape index (κ3) is 9.16. The Kier molecular flexibility index (Phi) is 11.7. The van der Waals surface area contributed by atoms with E-state index in [4.69, 9.17) is 19.9 Å². The molecule has 248 valence electrons. The molecule has 1 aromatic carbocycles. The van der Waals surface area contributed by atoms with Crippen molar-refractivity contribution in [2.45, 2.75) is 19.6 Å². The van der Waals surface area contributed by atoms with Gasteiger partial charge in [-0.25, -0.2) is 9.78 Å². The molecule has 0 saturated heterocycles. The van der Waals surface area contributed by atoms with E-state index < -0.39 is 12.0 Å². The van der Waals surface area contributed by atoms with Crippen molar-refractivity contribution in [3.63, 3.8) is 0 Å². The maximum atomic E-state index is 12.3. The second-order valence-electron chi connectivity index (χ2n) is 10.5. The van der Waals surface area contributed by atoms with E-state index in [9.17, 15) is 14.9 Å². The van der Waals surface area contributed by atoms with Crippen LogP contribution in [-0.4, -0.2) is 68.6 Å². The number of aromatic nitrogens is 2. The van der Waals surface area contributed by atoms with Crippen LogP contribution in [0.4, 0.5) is 21.4 Å².